The largest absolute Gasteiger partial charge is 0.377 e. The molecule has 1 saturated heterocycles. The van der Waals surface area contributed by atoms with Crippen LogP contribution in [0.1, 0.15) is 23.6 Å². The van der Waals surface area contributed by atoms with Crippen molar-refractivity contribution >= 4 is 40.2 Å². The van der Waals surface area contributed by atoms with Crippen LogP contribution in [-0.4, -0.2) is 44.2 Å². The van der Waals surface area contributed by atoms with Crippen molar-refractivity contribution in [3.8, 4) is 17.1 Å². The van der Waals surface area contributed by atoms with Crippen molar-refractivity contribution in [2.75, 3.05) is 22.6 Å². The van der Waals surface area contributed by atoms with Gasteiger partial charge in [-0.1, -0.05) is 41.6 Å². The maximum atomic E-state index is 15.0. The summed E-state index contributed by atoms with van der Waals surface area (Å²) in [6, 6.07) is 17.0. The summed E-state index contributed by atoms with van der Waals surface area (Å²) in [5.74, 6) is -0.384. The summed E-state index contributed by atoms with van der Waals surface area (Å²) in [6.07, 6.45) is 1.56. The Labute approximate surface area is 235 Å². The van der Waals surface area contributed by atoms with Crippen LogP contribution < -0.4 is 10.2 Å². The number of nitrogens with one attached hydrogen (secondary N) is 1. The highest BCUT2D eigenvalue weighted by molar-refractivity contribution is 8.15. The lowest BCUT2D eigenvalue weighted by atomic mass is 10.1. The molecular weight excluding hydrogens is 531 g/mol. The molecule has 9 nitrogen and oxygen atoms in total. The number of aryl methyl sites for hydroxylation is 2. The number of amidine groups is 1. The molecule has 3 aromatic carbocycles. The highest BCUT2D eigenvalue weighted by Gasteiger charge is 2.32. The number of anilines is 2. The summed E-state index contributed by atoms with van der Waals surface area (Å²) in [5, 5.41) is 7.13. The molecule has 1 aromatic heterocycles. The average Bonchev–Trinajstić information content (AvgIpc) is 3.56. The third kappa shape index (κ3) is 5.95. The van der Waals surface area contributed by atoms with E-state index in [9.17, 15) is 14.0 Å². The number of benzene rings is 3. The summed E-state index contributed by atoms with van der Waals surface area (Å²) in [7, 11) is 0. The molecule has 1 aliphatic heterocycles. The van der Waals surface area contributed by atoms with Gasteiger partial charge in [-0.3, -0.25) is 9.69 Å². The fourth-order valence-electron chi connectivity index (χ4n) is 4.10. The first-order valence-corrected chi connectivity index (χ1v) is 13.6. The number of aliphatic imine (C=N–C) groups is 1. The van der Waals surface area contributed by atoms with Gasteiger partial charge in [0.2, 0.25) is 5.91 Å². The monoisotopic (exact) mass is 558 g/mol. The van der Waals surface area contributed by atoms with Crippen molar-refractivity contribution in [2.24, 2.45) is 4.99 Å². The zero-order valence-corrected chi connectivity index (χ0v) is 23.0. The zero-order chi connectivity index (χ0) is 28.2. The van der Waals surface area contributed by atoms with Gasteiger partial charge in [0.25, 0.3) is 0 Å². The molecule has 0 aliphatic carbocycles. The minimum Gasteiger partial charge on any atom is -0.377 e. The highest BCUT2D eigenvalue weighted by atomic mass is 32.2. The van der Waals surface area contributed by atoms with Crippen LogP contribution in [0.15, 0.2) is 72.0 Å². The fourth-order valence-corrected chi connectivity index (χ4v) is 4.96. The van der Waals surface area contributed by atoms with Crippen LogP contribution in [0.5, 0.6) is 0 Å². The second kappa shape index (κ2) is 11.8. The van der Waals surface area contributed by atoms with Crippen LogP contribution in [0.3, 0.4) is 0 Å². The molecule has 1 N–H and O–H groups in total. The van der Waals surface area contributed by atoms with Crippen molar-refractivity contribution in [1.82, 2.24) is 14.8 Å². The van der Waals surface area contributed by atoms with Gasteiger partial charge >= 0.3 is 6.03 Å². The van der Waals surface area contributed by atoms with Crippen LogP contribution in [0.25, 0.3) is 17.1 Å². The van der Waals surface area contributed by atoms with Gasteiger partial charge in [-0.15, -0.1) is 5.10 Å². The Hall–Kier alpha value is -4.35. The van der Waals surface area contributed by atoms with Gasteiger partial charge < -0.3 is 10.1 Å². The standard InChI is InChI=1S/C29H27FN6O3S/c1-4-39-15-21-8-5-19(3)13-25(21)36-26(37)16-40-29(36)33-28(38)32-24-12-9-20(14-23(24)30)27-31-17-35(34-27)22-10-6-18(2)7-11-22/h5-14,17H,4,15-16H2,1-3H3,(H,32,38)/b33-29-. The molecule has 40 heavy (non-hydrogen) atoms. The minimum absolute atomic E-state index is 0.0514. The predicted octanol–water partition coefficient (Wildman–Crippen LogP) is 5.89. The lowest BCUT2D eigenvalue weighted by molar-refractivity contribution is -0.115. The van der Waals surface area contributed by atoms with Gasteiger partial charge in [-0.25, -0.2) is 18.9 Å². The number of carbonyl (C=O) groups excluding carboxylic acids is 2. The van der Waals surface area contributed by atoms with Gasteiger partial charge in [0.15, 0.2) is 11.0 Å². The first-order valence-electron chi connectivity index (χ1n) is 12.6. The van der Waals surface area contributed by atoms with Gasteiger partial charge in [0, 0.05) is 17.7 Å². The number of ether oxygens (including phenoxy) is 1. The number of aromatic nitrogens is 3. The summed E-state index contributed by atoms with van der Waals surface area (Å²) in [4.78, 5) is 35.4. The normalized spacial score (nSPS) is 14.2. The molecule has 1 aliphatic rings. The lowest BCUT2D eigenvalue weighted by Crippen LogP contribution is -2.31. The van der Waals surface area contributed by atoms with Crippen LogP contribution >= 0.6 is 11.8 Å². The molecule has 3 amide bonds. The van der Waals surface area contributed by atoms with Crippen LogP contribution in [0, 0.1) is 19.7 Å². The number of halogens is 1. The molecule has 11 heteroatoms. The number of thioether (sulfide) groups is 1. The van der Waals surface area contributed by atoms with Crippen LogP contribution in [0.4, 0.5) is 20.6 Å². The van der Waals surface area contributed by atoms with E-state index in [1.165, 1.54) is 17.0 Å². The maximum Gasteiger partial charge on any atom is 0.347 e. The molecule has 0 spiro atoms. The van der Waals surface area contributed by atoms with E-state index in [1.54, 1.807) is 17.1 Å². The zero-order valence-electron chi connectivity index (χ0n) is 22.2. The van der Waals surface area contributed by atoms with E-state index in [0.717, 1.165) is 34.1 Å². The van der Waals surface area contributed by atoms with Gasteiger partial charge in [-0.05, 0) is 62.7 Å². The van der Waals surface area contributed by atoms with Gasteiger partial charge in [0.05, 0.1) is 29.4 Å². The molecule has 0 atom stereocenters. The molecule has 5 rings (SSSR count). The Morgan fingerprint density at radius 2 is 1.88 bits per heavy atom. The van der Waals surface area contributed by atoms with E-state index in [0.29, 0.717) is 30.3 Å². The third-order valence-electron chi connectivity index (χ3n) is 6.17. The van der Waals surface area contributed by atoms with Crippen LogP contribution in [-0.2, 0) is 16.1 Å². The van der Waals surface area contributed by atoms with Gasteiger partial charge in [0.1, 0.15) is 12.1 Å². The van der Waals surface area contributed by atoms with E-state index in [4.69, 9.17) is 4.74 Å². The molecule has 204 valence electrons. The SMILES string of the molecule is CCOCc1ccc(C)cc1N1C(=O)CS/C1=N\C(=O)Nc1ccc(-c2ncn(-c3ccc(C)cc3)n2)cc1F. The molecule has 1 fully saturated rings. The van der Waals surface area contributed by atoms with E-state index >= 15 is 0 Å². The van der Waals surface area contributed by atoms with E-state index in [1.807, 2.05) is 63.2 Å². The minimum atomic E-state index is -0.797. The lowest BCUT2D eigenvalue weighted by Gasteiger charge is -2.20. The van der Waals surface area contributed by atoms with E-state index < -0.39 is 11.8 Å². The number of urea groups is 1. The third-order valence-corrected chi connectivity index (χ3v) is 7.09. The molecule has 2 heterocycles. The van der Waals surface area contributed by atoms with Crippen molar-refractivity contribution in [2.45, 2.75) is 27.4 Å². The first kappa shape index (κ1) is 27.2. The van der Waals surface area contributed by atoms with E-state index in [-0.39, 0.29) is 22.5 Å². The van der Waals surface area contributed by atoms with Crippen LogP contribution in [0.2, 0.25) is 0 Å². The molecule has 0 bridgehead atoms. The van der Waals surface area contributed by atoms with Crippen molar-refractivity contribution in [3.05, 3.63) is 89.5 Å². The fraction of sp³-hybridized carbons (Fsp3) is 0.207. The summed E-state index contributed by atoms with van der Waals surface area (Å²) in [5.41, 5.74) is 4.73. The maximum absolute atomic E-state index is 15.0. The Balaban J connectivity index is 1.33. The Morgan fingerprint density at radius 1 is 1.10 bits per heavy atom. The van der Waals surface area contributed by atoms with Crippen molar-refractivity contribution in [1.29, 1.82) is 0 Å². The molecule has 0 unspecified atom stereocenters. The highest BCUT2D eigenvalue weighted by Crippen LogP contribution is 2.31. The number of rotatable bonds is 7. The molecule has 4 aromatic rings. The summed E-state index contributed by atoms with van der Waals surface area (Å²) in [6.45, 7) is 6.64. The smallest absolute Gasteiger partial charge is 0.347 e. The Morgan fingerprint density at radius 3 is 2.62 bits per heavy atom. The first-order chi connectivity index (χ1) is 19.3. The number of amides is 3. The number of hydrogen-bond donors (Lipinski definition) is 1. The molecule has 0 radical (unpaired) electrons. The Kier molecular flexibility index (Phi) is 8.04. The Bertz CT molecular complexity index is 1600. The number of nitrogens with zero attached hydrogens (tertiary/aromatic N) is 5. The summed E-state index contributed by atoms with van der Waals surface area (Å²) < 4.78 is 22.2. The number of carbonyl (C=O) groups is 2. The second-order valence-corrected chi connectivity index (χ2v) is 10.1. The average molecular weight is 559 g/mol. The quantitative estimate of drug-likeness (QED) is 0.303. The molecular formula is C29H27FN6O3S. The molecule has 0 saturated carbocycles. The predicted molar refractivity (Wildman–Crippen MR) is 154 cm³/mol. The van der Waals surface area contributed by atoms with Crippen molar-refractivity contribution < 1.29 is 18.7 Å². The van der Waals surface area contributed by atoms with E-state index in [2.05, 4.69) is 20.4 Å². The van der Waals surface area contributed by atoms with Gasteiger partial charge in [-0.2, -0.15) is 4.99 Å². The summed E-state index contributed by atoms with van der Waals surface area (Å²) >= 11 is 1.15. The second-order valence-electron chi connectivity index (χ2n) is 9.15. The topological polar surface area (TPSA) is 102 Å². The van der Waals surface area contributed by atoms with Crippen molar-refractivity contribution in [3.63, 3.8) is 0 Å². The number of hydrogen-bond acceptors (Lipinski definition) is 6.